The molecule has 1 aromatic rings. The van der Waals surface area contributed by atoms with E-state index in [1.165, 1.54) is 6.20 Å². The first-order valence-electron chi connectivity index (χ1n) is 4.00. The number of nitrogens with two attached hydrogens (primary N) is 1. The van der Waals surface area contributed by atoms with Gasteiger partial charge in [0.1, 0.15) is 5.02 Å². The molecule has 0 aliphatic carbocycles. The molecule has 1 heterocycles. The van der Waals surface area contributed by atoms with Gasteiger partial charge in [-0.05, 0) is 0 Å². The molecule has 0 aliphatic rings. The van der Waals surface area contributed by atoms with E-state index in [0.717, 1.165) is 0 Å². The molecule has 76 valence electrons. The number of nitrogens with one attached hydrogen (secondary N) is 1. The fourth-order valence-corrected chi connectivity index (χ4v) is 1.21. The normalized spacial score (nSPS) is 9.64. The monoisotopic (exact) mass is 213 g/mol. The van der Waals surface area contributed by atoms with Crippen molar-refractivity contribution < 1.29 is 0 Å². The van der Waals surface area contributed by atoms with E-state index >= 15 is 0 Å². The molecule has 0 aliphatic heterocycles. The lowest BCUT2D eigenvalue weighted by molar-refractivity contribution is 0.973. The maximum absolute atomic E-state index is 5.91. The minimum absolute atomic E-state index is 0.334. The molecule has 0 unspecified atom stereocenters. The molecule has 0 atom stereocenters. The summed E-state index contributed by atoms with van der Waals surface area (Å²) < 4.78 is 0. The fraction of sp³-hybridized carbons (Fsp3) is 0.250. The number of rotatable bonds is 4. The van der Waals surface area contributed by atoms with Gasteiger partial charge >= 0.3 is 0 Å². The summed E-state index contributed by atoms with van der Waals surface area (Å²) in [5.41, 5.74) is 2.36. The Hall–Kier alpha value is -1.33. The van der Waals surface area contributed by atoms with Crippen LogP contribution in [-0.2, 0) is 0 Å². The Labute approximate surface area is 87.6 Å². The summed E-state index contributed by atoms with van der Waals surface area (Å²) in [6.45, 7) is 4.28. The zero-order valence-corrected chi connectivity index (χ0v) is 8.62. The number of hydrogen-bond donors (Lipinski definition) is 2. The number of aromatic nitrogens is 2. The maximum Gasteiger partial charge on any atom is 0.239 e. The zero-order valence-electron chi connectivity index (χ0n) is 7.87. The van der Waals surface area contributed by atoms with Gasteiger partial charge in [-0.2, -0.15) is 4.98 Å². The number of anilines is 2. The molecule has 5 nitrogen and oxygen atoms in total. The van der Waals surface area contributed by atoms with E-state index in [2.05, 4.69) is 22.0 Å². The second-order valence-electron chi connectivity index (χ2n) is 2.68. The van der Waals surface area contributed by atoms with Gasteiger partial charge in [-0.1, -0.05) is 17.7 Å². The number of nitrogen functional groups attached to an aromatic ring is 1. The van der Waals surface area contributed by atoms with Crippen LogP contribution in [0.5, 0.6) is 0 Å². The second-order valence-corrected chi connectivity index (χ2v) is 3.09. The van der Waals surface area contributed by atoms with Crippen LogP contribution in [0.4, 0.5) is 11.8 Å². The molecule has 0 aromatic carbocycles. The quantitative estimate of drug-likeness (QED) is 0.445. The Bertz CT molecular complexity index is 328. The van der Waals surface area contributed by atoms with E-state index in [1.54, 1.807) is 6.08 Å². The Morgan fingerprint density at radius 1 is 1.79 bits per heavy atom. The minimum atomic E-state index is 0.334. The van der Waals surface area contributed by atoms with Crippen molar-refractivity contribution in [1.82, 2.24) is 9.97 Å². The van der Waals surface area contributed by atoms with Gasteiger partial charge in [-0.25, -0.2) is 10.8 Å². The first-order chi connectivity index (χ1) is 6.69. The topological polar surface area (TPSA) is 67.1 Å². The van der Waals surface area contributed by atoms with E-state index in [9.17, 15) is 0 Å². The third-order valence-electron chi connectivity index (χ3n) is 1.62. The van der Waals surface area contributed by atoms with Crippen molar-refractivity contribution in [2.75, 3.05) is 23.9 Å². The Morgan fingerprint density at radius 2 is 2.50 bits per heavy atom. The summed E-state index contributed by atoms with van der Waals surface area (Å²) in [7, 11) is 1.86. The highest BCUT2D eigenvalue weighted by atomic mass is 35.5. The largest absolute Gasteiger partial charge is 0.355 e. The second kappa shape index (κ2) is 4.78. The molecule has 3 N–H and O–H groups in total. The van der Waals surface area contributed by atoms with E-state index in [4.69, 9.17) is 17.4 Å². The predicted octanol–water partition coefficient (Wildman–Crippen LogP) is 1.04. The summed E-state index contributed by atoms with van der Waals surface area (Å²) in [4.78, 5) is 9.82. The van der Waals surface area contributed by atoms with Crippen molar-refractivity contribution >= 4 is 23.4 Å². The van der Waals surface area contributed by atoms with E-state index in [-0.39, 0.29) is 0 Å². The zero-order chi connectivity index (χ0) is 10.6. The number of nitrogens with zero attached hydrogens (tertiary/aromatic N) is 3. The highest BCUT2D eigenvalue weighted by Gasteiger charge is 2.08. The van der Waals surface area contributed by atoms with Gasteiger partial charge in [0.2, 0.25) is 5.95 Å². The Balaban J connectivity index is 2.98. The van der Waals surface area contributed by atoms with Gasteiger partial charge in [-0.15, -0.1) is 6.58 Å². The first kappa shape index (κ1) is 10.7. The average Bonchev–Trinajstić information content (AvgIpc) is 2.19. The lowest BCUT2D eigenvalue weighted by Crippen LogP contribution is -2.20. The van der Waals surface area contributed by atoms with Gasteiger partial charge in [-0.3, -0.25) is 5.43 Å². The Kier molecular flexibility index (Phi) is 3.67. The van der Waals surface area contributed by atoms with Crippen molar-refractivity contribution in [3.05, 3.63) is 23.9 Å². The SMILES string of the molecule is C=CCN(C)c1nc(NN)ncc1Cl. The van der Waals surface area contributed by atoms with Gasteiger partial charge < -0.3 is 4.90 Å². The van der Waals surface area contributed by atoms with Crippen LogP contribution < -0.4 is 16.2 Å². The summed E-state index contributed by atoms with van der Waals surface area (Å²) in [5, 5.41) is 0.480. The smallest absolute Gasteiger partial charge is 0.239 e. The molecule has 0 saturated carbocycles. The number of hydrogen-bond acceptors (Lipinski definition) is 5. The molecule has 0 fully saturated rings. The van der Waals surface area contributed by atoms with Crippen LogP contribution in [0.15, 0.2) is 18.9 Å². The first-order valence-corrected chi connectivity index (χ1v) is 4.38. The van der Waals surface area contributed by atoms with Gasteiger partial charge in [0.25, 0.3) is 0 Å². The summed E-state index contributed by atoms with van der Waals surface area (Å²) in [6.07, 6.45) is 3.26. The predicted molar refractivity (Wildman–Crippen MR) is 58.3 cm³/mol. The average molecular weight is 214 g/mol. The molecule has 0 spiro atoms. The molecular weight excluding hydrogens is 202 g/mol. The third kappa shape index (κ3) is 2.34. The molecule has 0 amide bonds. The lowest BCUT2D eigenvalue weighted by atomic mass is 10.5. The number of hydrazine groups is 1. The molecule has 0 radical (unpaired) electrons. The van der Waals surface area contributed by atoms with Crippen LogP contribution in [0, 0.1) is 0 Å². The number of likely N-dealkylation sites (N-methyl/N-ethyl adjacent to an activating group) is 1. The van der Waals surface area contributed by atoms with Gasteiger partial charge in [0, 0.05) is 13.6 Å². The van der Waals surface area contributed by atoms with Gasteiger partial charge in [0.15, 0.2) is 5.82 Å². The van der Waals surface area contributed by atoms with Crippen LogP contribution in [0.3, 0.4) is 0 Å². The minimum Gasteiger partial charge on any atom is -0.355 e. The molecule has 14 heavy (non-hydrogen) atoms. The molecule has 6 heteroatoms. The highest BCUT2D eigenvalue weighted by Crippen LogP contribution is 2.22. The van der Waals surface area contributed by atoms with E-state index in [0.29, 0.717) is 23.3 Å². The van der Waals surface area contributed by atoms with Crippen molar-refractivity contribution in [3.8, 4) is 0 Å². The number of halogens is 1. The van der Waals surface area contributed by atoms with Crippen molar-refractivity contribution in [3.63, 3.8) is 0 Å². The Morgan fingerprint density at radius 3 is 3.07 bits per heavy atom. The van der Waals surface area contributed by atoms with Crippen LogP contribution in [0.1, 0.15) is 0 Å². The van der Waals surface area contributed by atoms with E-state index in [1.807, 2.05) is 11.9 Å². The molecular formula is C8H12ClN5. The fourth-order valence-electron chi connectivity index (χ4n) is 0.975. The standard InChI is InChI=1S/C8H12ClN5/c1-3-4-14(2)7-6(9)5-11-8(12-7)13-10/h3,5H,1,4,10H2,2H3,(H,11,12,13). The van der Waals surface area contributed by atoms with Crippen molar-refractivity contribution in [1.29, 1.82) is 0 Å². The van der Waals surface area contributed by atoms with Crippen LogP contribution in [0.25, 0.3) is 0 Å². The maximum atomic E-state index is 5.91. The lowest BCUT2D eigenvalue weighted by Gasteiger charge is -2.17. The summed E-state index contributed by atoms with van der Waals surface area (Å²) in [5.74, 6) is 6.14. The molecule has 1 aromatic heterocycles. The summed E-state index contributed by atoms with van der Waals surface area (Å²) >= 11 is 5.91. The highest BCUT2D eigenvalue weighted by molar-refractivity contribution is 6.32. The van der Waals surface area contributed by atoms with E-state index < -0.39 is 0 Å². The molecule has 0 saturated heterocycles. The third-order valence-corrected chi connectivity index (χ3v) is 1.89. The summed E-state index contributed by atoms with van der Waals surface area (Å²) in [6, 6.07) is 0. The van der Waals surface area contributed by atoms with Crippen LogP contribution in [-0.4, -0.2) is 23.6 Å². The van der Waals surface area contributed by atoms with Crippen molar-refractivity contribution in [2.24, 2.45) is 5.84 Å². The molecule has 0 bridgehead atoms. The van der Waals surface area contributed by atoms with Crippen LogP contribution in [0.2, 0.25) is 5.02 Å². The molecule has 1 rings (SSSR count). The van der Waals surface area contributed by atoms with Crippen molar-refractivity contribution in [2.45, 2.75) is 0 Å². The van der Waals surface area contributed by atoms with Gasteiger partial charge in [0.05, 0.1) is 6.20 Å². The van der Waals surface area contributed by atoms with Crippen LogP contribution >= 0.6 is 11.6 Å².